The minimum absolute atomic E-state index is 0.256. The molecule has 0 radical (unpaired) electrons. The lowest BCUT2D eigenvalue weighted by Gasteiger charge is -2.07. The summed E-state index contributed by atoms with van der Waals surface area (Å²) in [5.74, 6) is -0.222. The van der Waals surface area contributed by atoms with Gasteiger partial charge in [-0.3, -0.25) is 0 Å². The second-order valence-corrected chi connectivity index (χ2v) is 5.42. The van der Waals surface area contributed by atoms with Gasteiger partial charge in [0, 0.05) is 4.47 Å². The fourth-order valence-electron chi connectivity index (χ4n) is 1.83. The van der Waals surface area contributed by atoms with Crippen LogP contribution in [0.1, 0.15) is 55.8 Å². The Bertz CT molecular complexity index is 404. The highest BCUT2D eigenvalue weighted by Gasteiger charge is 2.08. The monoisotopic (exact) mass is 328 g/mol. The number of hydrogen-bond acceptors (Lipinski definition) is 2. The average Bonchev–Trinajstić information content (AvgIpc) is 2.37. The van der Waals surface area contributed by atoms with E-state index in [1.807, 2.05) is 0 Å². The smallest absolute Gasteiger partial charge is 0.336 e. The summed E-state index contributed by atoms with van der Waals surface area (Å²) >= 11 is 3.24. The van der Waals surface area contributed by atoms with Gasteiger partial charge in [0.05, 0.1) is 12.2 Å². The van der Waals surface area contributed by atoms with Crippen molar-refractivity contribution in [2.45, 2.75) is 45.4 Å². The van der Waals surface area contributed by atoms with Gasteiger partial charge < -0.3 is 9.84 Å². The van der Waals surface area contributed by atoms with Gasteiger partial charge in [-0.05, 0) is 40.5 Å². The number of aromatic carboxylic acids is 1. The summed E-state index contributed by atoms with van der Waals surface area (Å²) < 4.78 is 6.16. The SMILES string of the molecule is CCCCCCCCOc1ccc(C(=O)O)c(Br)c1. The zero-order valence-electron chi connectivity index (χ0n) is 11.3. The maximum Gasteiger partial charge on any atom is 0.336 e. The minimum atomic E-state index is -0.936. The van der Waals surface area contributed by atoms with Crippen LogP contribution in [0.4, 0.5) is 0 Å². The predicted octanol–water partition coefficient (Wildman–Crippen LogP) is 4.89. The highest BCUT2D eigenvalue weighted by Crippen LogP contribution is 2.23. The lowest BCUT2D eigenvalue weighted by molar-refractivity contribution is 0.0696. The van der Waals surface area contributed by atoms with Gasteiger partial charge in [-0.1, -0.05) is 39.0 Å². The van der Waals surface area contributed by atoms with Crippen LogP contribution in [0.3, 0.4) is 0 Å². The summed E-state index contributed by atoms with van der Waals surface area (Å²) in [5.41, 5.74) is 0.256. The standard InChI is InChI=1S/C15H21BrO3/c1-2-3-4-5-6-7-10-19-12-8-9-13(15(17)18)14(16)11-12/h8-9,11H,2-7,10H2,1H3,(H,17,18). The molecule has 0 bridgehead atoms. The highest BCUT2D eigenvalue weighted by atomic mass is 79.9. The highest BCUT2D eigenvalue weighted by molar-refractivity contribution is 9.10. The fraction of sp³-hybridized carbons (Fsp3) is 0.533. The van der Waals surface area contributed by atoms with Crippen molar-refractivity contribution in [3.05, 3.63) is 28.2 Å². The normalized spacial score (nSPS) is 10.4. The zero-order valence-corrected chi connectivity index (χ0v) is 12.9. The first-order chi connectivity index (χ1) is 9.15. The van der Waals surface area contributed by atoms with E-state index in [0.717, 1.165) is 6.42 Å². The number of carbonyl (C=O) groups is 1. The van der Waals surface area contributed by atoms with Crippen LogP contribution >= 0.6 is 15.9 Å². The van der Waals surface area contributed by atoms with E-state index in [1.54, 1.807) is 18.2 Å². The van der Waals surface area contributed by atoms with Gasteiger partial charge in [-0.2, -0.15) is 0 Å². The van der Waals surface area contributed by atoms with E-state index in [0.29, 0.717) is 16.8 Å². The molecule has 0 unspecified atom stereocenters. The molecule has 0 spiro atoms. The summed E-state index contributed by atoms with van der Waals surface area (Å²) in [4.78, 5) is 10.8. The third-order valence-electron chi connectivity index (χ3n) is 2.94. The van der Waals surface area contributed by atoms with Crippen LogP contribution in [0.5, 0.6) is 5.75 Å². The summed E-state index contributed by atoms with van der Waals surface area (Å²) in [5, 5.41) is 8.90. The topological polar surface area (TPSA) is 46.5 Å². The molecule has 4 heteroatoms. The first kappa shape index (κ1) is 16.0. The van der Waals surface area contributed by atoms with E-state index in [4.69, 9.17) is 9.84 Å². The maximum absolute atomic E-state index is 10.8. The molecule has 0 saturated heterocycles. The first-order valence-corrected chi connectivity index (χ1v) is 7.60. The molecular weight excluding hydrogens is 308 g/mol. The van der Waals surface area contributed by atoms with E-state index in [1.165, 1.54) is 32.1 Å². The Morgan fingerprint density at radius 2 is 1.89 bits per heavy atom. The Labute approximate surface area is 123 Å². The molecule has 0 aliphatic heterocycles. The quantitative estimate of drug-likeness (QED) is 0.656. The molecule has 0 aliphatic rings. The van der Waals surface area contributed by atoms with Gasteiger partial charge >= 0.3 is 5.97 Å². The lowest BCUT2D eigenvalue weighted by Crippen LogP contribution is -2.00. The molecule has 0 atom stereocenters. The molecule has 1 aromatic rings. The first-order valence-electron chi connectivity index (χ1n) is 6.80. The summed E-state index contributed by atoms with van der Waals surface area (Å²) in [6.07, 6.45) is 7.37. The Balaban J connectivity index is 2.26. The van der Waals surface area contributed by atoms with Gasteiger partial charge in [0.2, 0.25) is 0 Å². The van der Waals surface area contributed by atoms with Crippen molar-refractivity contribution in [3.8, 4) is 5.75 Å². The molecule has 1 rings (SSSR count). The van der Waals surface area contributed by atoms with Gasteiger partial charge in [-0.25, -0.2) is 4.79 Å². The molecule has 0 heterocycles. The van der Waals surface area contributed by atoms with Crippen molar-refractivity contribution < 1.29 is 14.6 Å². The third-order valence-corrected chi connectivity index (χ3v) is 3.59. The van der Waals surface area contributed by atoms with Crippen LogP contribution in [-0.2, 0) is 0 Å². The predicted molar refractivity (Wildman–Crippen MR) is 80.0 cm³/mol. The van der Waals surface area contributed by atoms with Crippen molar-refractivity contribution in [2.75, 3.05) is 6.61 Å². The van der Waals surface area contributed by atoms with Crippen molar-refractivity contribution in [3.63, 3.8) is 0 Å². The van der Waals surface area contributed by atoms with Crippen LogP contribution in [0.25, 0.3) is 0 Å². The molecule has 0 fully saturated rings. The second-order valence-electron chi connectivity index (χ2n) is 4.56. The number of unbranched alkanes of at least 4 members (excludes halogenated alkanes) is 5. The van der Waals surface area contributed by atoms with E-state index >= 15 is 0 Å². The van der Waals surface area contributed by atoms with Crippen LogP contribution in [0, 0.1) is 0 Å². The third kappa shape index (κ3) is 6.10. The van der Waals surface area contributed by atoms with Gasteiger partial charge in [-0.15, -0.1) is 0 Å². The van der Waals surface area contributed by atoms with Crippen LogP contribution < -0.4 is 4.74 Å². The van der Waals surface area contributed by atoms with E-state index < -0.39 is 5.97 Å². The molecule has 1 aromatic carbocycles. The van der Waals surface area contributed by atoms with Crippen molar-refractivity contribution in [2.24, 2.45) is 0 Å². The zero-order chi connectivity index (χ0) is 14.1. The largest absolute Gasteiger partial charge is 0.494 e. The Morgan fingerprint density at radius 3 is 2.53 bits per heavy atom. The number of rotatable bonds is 9. The molecule has 0 amide bonds. The van der Waals surface area contributed by atoms with Crippen molar-refractivity contribution in [1.29, 1.82) is 0 Å². The number of halogens is 1. The Hall–Kier alpha value is -1.03. The summed E-state index contributed by atoms with van der Waals surface area (Å²) in [6, 6.07) is 4.97. The van der Waals surface area contributed by atoms with Crippen LogP contribution in [0.2, 0.25) is 0 Å². The number of carboxylic acid groups (broad SMARTS) is 1. The molecule has 1 N–H and O–H groups in total. The molecule has 106 valence electrons. The molecule has 0 saturated carbocycles. The second kappa shape index (κ2) is 8.97. The van der Waals surface area contributed by atoms with Crippen LogP contribution in [0.15, 0.2) is 22.7 Å². The number of ether oxygens (including phenoxy) is 1. The Morgan fingerprint density at radius 1 is 1.21 bits per heavy atom. The summed E-state index contributed by atoms with van der Waals surface area (Å²) in [7, 11) is 0. The van der Waals surface area contributed by atoms with Crippen molar-refractivity contribution in [1.82, 2.24) is 0 Å². The molecular formula is C15H21BrO3. The van der Waals surface area contributed by atoms with Gasteiger partial charge in [0.1, 0.15) is 5.75 Å². The Kier molecular flexibility index (Phi) is 7.56. The van der Waals surface area contributed by atoms with E-state index in [2.05, 4.69) is 22.9 Å². The number of benzene rings is 1. The van der Waals surface area contributed by atoms with Gasteiger partial charge in [0.25, 0.3) is 0 Å². The molecule has 0 aliphatic carbocycles. The molecule has 19 heavy (non-hydrogen) atoms. The van der Waals surface area contributed by atoms with E-state index in [-0.39, 0.29) is 5.56 Å². The maximum atomic E-state index is 10.8. The van der Waals surface area contributed by atoms with Crippen LogP contribution in [-0.4, -0.2) is 17.7 Å². The lowest BCUT2D eigenvalue weighted by atomic mass is 10.1. The van der Waals surface area contributed by atoms with Crippen molar-refractivity contribution >= 4 is 21.9 Å². The minimum Gasteiger partial charge on any atom is -0.494 e. The molecule has 3 nitrogen and oxygen atoms in total. The van der Waals surface area contributed by atoms with Gasteiger partial charge in [0.15, 0.2) is 0 Å². The molecule has 0 aromatic heterocycles. The average molecular weight is 329 g/mol. The summed E-state index contributed by atoms with van der Waals surface area (Å²) in [6.45, 7) is 2.90. The van der Waals surface area contributed by atoms with E-state index in [9.17, 15) is 4.79 Å². The number of hydrogen-bond donors (Lipinski definition) is 1. The fourth-order valence-corrected chi connectivity index (χ4v) is 2.36. The number of carboxylic acids is 1.